The summed E-state index contributed by atoms with van der Waals surface area (Å²) in [4.78, 5) is 130. The summed E-state index contributed by atoms with van der Waals surface area (Å²) in [5.74, 6) is -8.55. The molecular weight excluding hydrogens is 1040 g/mol. The van der Waals surface area contributed by atoms with Crippen LogP contribution in [-0.2, 0) is 68.8 Å². The minimum Gasteiger partial charge on any atom is -0.479 e. The van der Waals surface area contributed by atoms with Crippen LogP contribution in [0, 0.1) is 0 Å². The number of carboxylic acid groups (broad SMARTS) is 1. The van der Waals surface area contributed by atoms with Crippen LogP contribution in [0.5, 0.6) is 0 Å². The molecule has 23 heteroatoms. The molecule has 1 aliphatic heterocycles. The van der Waals surface area contributed by atoms with Crippen LogP contribution in [0.25, 0.3) is 10.9 Å². The number of carboxylic acids is 1. The molecule has 5 aromatic rings. The molecule has 9 atom stereocenters. The third-order valence-electron chi connectivity index (χ3n) is 12.7. The second-order valence-corrected chi connectivity index (χ2v) is 21.3. The summed E-state index contributed by atoms with van der Waals surface area (Å²) in [6.07, 6.45) is 0.384. The van der Waals surface area contributed by atoms with E-state index in [1.165, 1.54) is 13.8 Å². The van der Waals surface area contributed by atoms with Crippen LogP contribution in [0.4, 0.5) is 0 Å². The minimum absolute atomic E-state index is 0.00796. The first-order chi connectivity index (χ1) is 37.5. The third kappa shape index (κ3) is 17.9. The van der Waals surface area contributed by atoms with Crippen LogP contribution in [-0.4, -0.2) is 134 Å². The SMILES string of the molecule is CC(=O)N[C@H]1CSS[C@@H](C(=O)O)NC(=O)[C@H](Cc2ccccc2)NC(=O)[C@H]([C@@H](C)O)NC(=O)[C@H](CCCCN)NC(=O)[C@@H](Cc2c[nH]c3ccccc23)NC(=O)[C@H](Cc2ccccc2)NC(=O)[C@H](Cc2ccccc2)NC1=O. The van der Waals surface area contributed by atoms with E-state index < -0.39 is 107 Å². The molecule has 78 heavy (non-hydrogen) atoms. The number of carbonyl (C=O) groups excluding carboxylic acids is 8. The van der Waals surface area contributed by atoms with Crippen LogP contribution in [0.15, 0.2) is 121 Å². The first-order valence-electron chi connectivity index (χ1n) is 25.4. The summed E-state index contributed by atoms with van der Waals surface area (Å²) >= 11 is 0. The van der Waals surface area contributed by atoms with Gasteiger partial charge in [0.25, 0.3) is 0 Å². The molecule has 21 nitrogen and oxygen atoms in total. The normalized spacial score (nSPS) is 23.1. The highest BCUT2D eigenvalue weighted by Crippen LogP contribution is 2.27. The van der Waals surface area contributed by atoms with Crippen LogP contribution in [0.1, 0.15) is 55.4 Å². The maximum atomic E-state index is 14.9. The fraction of sp³-hybridized carbons (Fsp3) is 0.364. The number of aromatic nitrogens is 1. The van der Waals surface area contributed by atoms with Gasteiger partial charge in [-0.15, -0.1) is 0 Å². The number of amides is 8. The number of aliphatic hydroxyl groups excluding tert-OH is 1. The number of aromatic amines is 1. The molecule has 0 aliphatic carbocycles. The van der Waals surface area contributed by atoms with Crippen LogP contribution < -0.4 is 48.3 Å². The fourth-order valence-electron chi connectivity index (χ4n) is 8.64. The van der Waals surface area contributed by atoms with Gasteiger partial charge in [-0.25, -0.2) is 4.79 Å². The molecule has 0 radical (unpaired) electrons. The van der Waals surface area contributed by atoms with E-state index in [0.717, 1.165) is 21.7 Å². The molecule has 13 N–H and O–H groups in total. The number of rotatable bonds is 15. The van der Waals surface area contributed by atoms with Crippen LogP contribution in [0.2, 0.25) is 0 Å². The van der Waals surface area contributed by atoms with Crippen molar-refractivity contribution in [1.29, 1.82) is 0 Å². The molecule has 0 saturated carbocycles. The number of para-hydroxylation sites is 1. The molecule has 0 bridgehead atoms. The predicted octanol–water partition coefficient (Wildman–Crippen LogP) is 1.28. The summed E-state index contributed by atoms with van der Waals surface area (Å²) in [6.45, 7) is 2.65. The molecule has 1 aromatic heterocycles. The van der Waals surface area contributed by atoms with E-state index in [2.05, 4.69) is 47.5 Å². The summed E-state index contributed by atoms with van der Waals surface area (Å²) in [7, 11) is 1.45. The first kappa shape index (κ1) is 59.5. The molecule has 0 spiro atoms. The molecule has 8 amide bonds. The zero-order chi connectivity index (χ0) is 56.1. The lowest BCUT2D eigenvalue weighted by Crippen LogP contribution is -2.62. The highest BCUT2D eigenvalue weighted by Gasteiger charge is 2.37. The molecule has 4 aromatic carbocycles. The number of aliphatic carboxylic acids is 1. The van der Waals surface area contributed by atoms with E-state index in [9.17, 15) is 53.4 Å². The molecule has 1 saturated heterocycles. The Morgan fingerprint density at radius 2 is 1.04 bits per heavy atom. The number of hydrogen-bond acceptors (Lipinski definition) is 13. The van der Waals surface area contributed by atoms with E-state index in [0.29, 0.717) is 45.9 Å². The van der Waals surface area contributed by atoms with Crippen molar-refractivity contribution in [3.05, 3.63) is 144 Å². The van der Waals surface area contributed by atoms with Gasteiger partial charge in [0.1, 0.15) is 42.3 Å². The number of carbonyl (C=O) groups is 9. The Hall–Kier alpha value is -7.73. The largest absolute Gasteiger partial charge is 0.479 e. The smallest absolute Gasteiger partial charge is 0.337 e. The van der Waals surface area contributed by atoms with Crippen molar-refractivity contribution in [2.75, 3.05) is 12.3 Å². The number of nitrogens with two attached hydrogens (primary N) is 1. The lowest BCUT2D eigenvalue weighted by Gasteiger charge is -2.29. The van der Waals surface area contributed by atoms with Gasteiger partial charge in [-0.2, -0.15) is 0 Å². The molecule has 6 rings (SSSR count). The molecule has 414 valence electrons. The highest BCUT2D eigenvalue weighted by molar-refractivity contribution is 8.77. The number of nitrogens with one attached hydrogen (secondary N) is 9. The van der Waals surface area contributed by atoms with Crippen molar-refractivity contribution < 1.29 is 53.4 Å². The van der Waals surface area contributed by atoms with Crippen molar-refractivity contribution >= 4 is 85.7 Å². The molecule has 1 aliphatic rings. The minimum atomic E-state index is -1.72. The molecular formula is C55H66N10O11S2. The number of benzene rings is 4. The summed E-state index contributed by atoms with van der Waals surface area (Å²) in [6, 6.07) is 23.1. The monoisotopic (exact) mass is 1110 g/mol. The van der Waals surface area contributed by atoms with Gasteiger partial charge in [-0.05, 0) is 61.1 Å². The first-order valence-corrected chi connectivity index (χ1v) is 27.8. The third-order valence-corrected chi connectivity index (χ3v) is 15.2. The zero-order valence-corrected chi connectivity index (χ0v) is 44.7. The van der Waals surface area contributed by atoms with Crippen molar-refractivity contribution in [2.45, 2.75) is 113 Å². The van der Waals surface area contributed by atoms with Gasteiger partial charge in [0, 0.05) is 55.5 Å². The number of aliphatic hydroxyl groups is 1. The number of unbranched alkanes of at least 4 members (excludes halogenated alkanes) is 1. The summed E-state index contributed by atoms with van der Waals surface area (Å²) in [5.41, 5.74) is 8.99. The summed E-state index contributed by atoms with van der Waals surface area (Å²) in [5, 5.41) is 41.6. The van der Waals surface area contributed by atoms with Crippen molar-refractivity contribution in [3.63, 3.8) is 0 Å². The lowest BCUT2D eigenvalue weighted by molar-refractivity contribution is -0.140. The average Bonchev–Trinajstić information content (AvgIpc) is 3.83. The Balaban J connectivity index is 1.43. The Morgan fingerprint density at radius 1 is 0.590 bits per heavy atom. The Bertz CT molecular complexity index is 2860. The molecule has 2 heterocycles. The lowest BCUT2D eigenvalue weighted by atomic mass is 10.00. The number of fused-ring (bicyclic) bond motifs is 1. The maximum absolute atomic E-state index is 14.9. The summed E-state index contributed by atoms with van der Waals surface area (Å²) < 4.78 is 0. The Morgan fingerprint density at radius 3 is 1.54 bits per heavy atom. The van der Waals surface area contributed by atoms with E-state index in [1.54, 1.807) is 97.2 Å². The zero-order valence-electron chi connectivity index (χ0n) is 43.1. The fourth-order valence-corrected chi connectivity index (χ4v) is 10.9. The second kappa shape index (κ2) is 29.7. The predicted molar refractivity (Wildman–Crippen MR) is 296 cm³/mol. The van der Waals surface area contributed by atoms with Gasteiger partial charge in [0.15, 0.2) is 5.37 Å². The van der Waals surface area contributed by atoms with Gasteiger partial charge < -0.3 is 63.5 Å². The van der Waals surface area contributed by atoms with Gasteiger partial charge in [-0.3, -0.25) is 38.4 Å². The highest BCUT2D eigenvalue weighted by atomic mass is 33.1. The number of H-pyrrole nitrogens is 1. The quantitative estimate of drug-likeness (QED) is 0.0520. The average molecular weight is 1110 g/mol. The van der Waals surface area contributed by atoms with Gasteiger partial charge in [-0.1, -0.05) is 131 Å². The molecule has 1 fully saturated rings. The van der Waals surface area contributed by atoms with E-state index in [-0.39, 0.29) is 44.4 Å². The van der Waals surface area contributed by atoms with Gasteiger partial charge in [0.2, 0.25) is 47.3 Å². The van der Waals surface area contributed by atoms with Crippen molar-refractivity contribution in [3.8, 4) is 0 Å². The maximum Gasteiger partial charge on any atom is 0.337 e. The second-order valence-electron chi connectivity index (χ2n) is 18.8. The Labute approximate surface area is 458 Å². The van der Waals surface area contributed by atoms with E-state index in [4.69, 9.17) is 5.73 Å². The van der Waals surface area contributed by atoms with Crippen molar-refractivity contribution in [2.24, 2.45) is 5.73 Å². The topological polar surface area (TPSA) is 332 Å². The van der Waals surface area contributed by atoms with Gasteiger partial charge in [0.05, 0.1) is 6.10 Å². The van der Waals surface area contributed by atoms with Gasteiger partial charge >= 0.3 is 5.97 Å². The molecule has 0 unspecified atom stereocenters. The van der Waals surface area contributed by atoms with E-state index in [1.807, 2.05) is 24.3 Å². The van der Waals surface area contributed by atoms with E-state index >= 15 is 0 Å². The number of hydrogen-bond donors (Lipinski definition) is 12. The Kier molecular flexibility index (Phi) is 22.7. The standard InChI is InChI=1S/C55H66N10O11S2/c1-32(66)46-53(74)63-43(28-36-20-10-5-11-21-36)51(72)65-54(55(75)76)78-77-31-45(58-33(2)67)52(73)61-42(27-35-18-8-4-9-19-35)48(69)60-41(26-34-16-6-3-7-17-34)49(70)62-44(29-37-30-57-39-23-13-12-22-38(37)39)50(71)59-40(47(68)64-46)24-14-15-25-56/h3-13,16-23,30,32,40-46,54,57,66H,14-15,24-29,31,56H2,1-2H3,(H,58,67)(H,59,71)(H,60,69)(H,61,73)(H,62,70)(H,63,74)(H,64,68)(H,65,72)(H,75,76)/t32-,40+,41+,42+,43+,44-,45+,46+,54+/m1/s1. The van der Waals surface area contributed by atoms with Crippen LogP contribution in [0.3, 0.4) is 0 Å². The van der Waals surface area contributed by atoms with Crippen molar-refractivity contribution in [1.82, 2.24) is 47.5 Å². The van der Waals surface area contributed by atoms with Crippen LogP contribution >= 0.6 is 21.6 Å².